The molecule has 0 bridgehead atoms. The van der Waals surface area contributed by atoms with Crippen LogP contribution in [0.15, 0.2) is 30.5 Å². The molecule has 104 valence electrons. The molecule has 0 unspecified atom stereocenters. The van der Waals surface area contributed by atoms with Gasteiger partial charge in [0.05, 0.1) is 12.1 Å². The third-order valence-electron chi connectivity index (χ3n) is 3.33. The van der Waals surface area contributed by atoms with Crippen molar-refractivity contribution < 1.29 is 4.74 Å². The van der Waals surface area contributed by atoms with Crippen LogP contribution in [0.1, 0.15) is 26.7 Å². The summed E-state index contributed by atoms with van der Waals surface area (Å²) in [7, 11) is 0. The Bertz CT molecular complexity index is 504. The maximum atomic E-state index is 5.67. The molecule has 0 amide bonds. The van der Waals surface area contributed by atoms with Crippen molar-refractivity contribution in [3.8, 4) is 5.75 Å². The largest absolute Gasteiger partial charge is 0.493 e. The van der Waals surface area contributed by atoms with E-state index >= 15 is 0 Å². The molecular weight excluding hydrogens is 236 g/mol. The van der Waals surface area contributed by atoms with E-state index in [-0.39, 0.29) is 0 Å². The van der Waals surface area contributed by atoms with Gasteiger partial charge in [-0.2, -0.15) is 0 Å². The number of hydrogen-bond donors (Lipinski definition) is 1. The zero-order chi connectivity index (χ0) is 13.5. The molecule has 0 fully saturated rings. The van der Waals surface area contributed by atoms with E-state index in [0.717, 1.165) is 25.4 Å². The number of nitrogens with zero attached hydrogens (tertiary/aromatic N) is 1. The van der Waals surface area contributed by atoms with Gasteiger partial charge in [-0.1, -0.05) is 13.0 Å². The van der Waals surface area contributed by atoms with Crippen molar-refractivity contribution in [2.24, 2.45) is 0 Å². The molecule has 3 heteroatoms. The zero-order valence-corrected chi connectivity index (χ0v) is 12.0. The minimum Gasteiger partial charge on any atom is -0.493 e. The summed E-state index contributed by atoms with van der Waals surface area (Å²) in [4.78, 5) is 0. The fraction of sp³-hybridized carbons (Fsp3) is 0.500. The number of ether oxygens (including phenoxy) is 1. The third-order valence-corrected chi connectivity index (χ3v) is 3.33. The van der Waals surface area contributed by atoms with E-state index in [0.29, 0.717) is 6.61 Å². The first-order chi connectivity index (χ1) is 9.36. The Morgan fingerprint density at radius 2 is 2.05 bits per heavy atom. The third kappa shape index (κ3) is 3.51. The highest BCUT2D eigenvalue weighted by Gasteiger charge is 2.05. The predicted octanol–water partition coefficient (Wildman–Crippen LogP) is 3.43. The molecule has 0 saturated heterocycles. The lowest BCUT2D eigenvalue weighted by atomic mass is 10.2. The normalized spacial score (nSPS) is 11.1. The lowest BCUT2D eigenvalue weighted by Crippen LogP contribution is -2.14. The summed E-state index contributed by atoms with van der Waals surface area (Å²) in [5, 5.41) is 4.58. The van der Waals surface area contributed by atoms with E-state index in [9.17, 15) is 0 Å². The quantitative estimate of drug-likeness (QED) is 0.736. The molecule has 0 aliphatic rings. The van der Waals surface area contributed by atoms with Gasteiger partial charge in [-0.3, -0.25) is 0 Å². The fourth-order valence-electron chi connectivity index (χ4n) is 2.38. The molecule has 2 rings (SSSR count). The molecule has 0 atom stereocenters. The standard InChI is InChI=1S/C16H24N2O/c1-3-17-11-5-6-12-18-13-10-14-15(18)8-7-9-16(14)19-4-2/h7-10,13,17H,3-6,11-12H2,1-2H3. The van der Waals surface area contributed by atoms with Crippen LogP contribution in [0.5, 0.6) is 5.75 Å². The molecule has 1 aromatic heterocycles. The van der Waals surface area contributed by atoms with Crippen molar-refractivity contribution in [1.82, 2.24) is 9.88 Å². The minimum absolute atomic E-state index is 0.715. The summed E-state index contributed by atoms with van der Waals surface area (Å²) in [6, 6.07) is 8.44. The number of rotatable bonds is 8. The Morgan fingerprint density at radius 1 is 1.16 bits per heavy atom. The highest BCUT2D eigenvalue weighted by molar-refractivity contribution is 5.86. The molecule has 0 saturated carbocycles. The van der Waals surface area contributed by atoms with E-state index < -0.39 is 0 Å². The van der Waals surface area contributed by atoms with Gasteiger partial charge >= 0.3 is 0 Å². The smallest absolute Gasteiger partial charge is 0.128 e. The highest BCUT2D eigenvalue weighted by atomic mass is 16.5. The molecule has 0 spiro atoms. The second-order valence-corrected chi connectivity index (χ2v) is 4.69. The van der Waals surface area contributed by atoms with Gasteiger partial charge in [-0.15, -0.1) is 0 Å². The Labute approximate surface area is 115 Å². The van der Waals surface area contributed by atoms with Gasteiger partial charge in [0, 0.05) is 18.1 Å². The first-order valence-corrected chi connectivity index (χ1v) is 7.28. The van der Waals surface area contributed by atoms with Crippen molar-refractivity contribution >= 4 is 10.9 Å². The molecule has 3 nitrogen and oxygen atoms in total. The lowest BCUT2D eigenvalue weighted by Gasteiger charge is -2.08. The van der Waals surface area contributed by atoms with Gasteiger partial charge in [-0.25, -0.2) is 0 Å². The topological polar surface area (TPSA) is 26.2 Å². The number of unbranched alkanes of at least 4 members (excludes halogenated alkanes) is 1. The molecule has 1 heterocycles. The Hall–Kier alpha value is -1.48. The van der Waals surface area contributed by atoms with Crippen molar-refractivity contribution in [2.75, 3.05) is 19.7 Å². The van der Waals surface area contributed by atoms with Crippen LogP contribution in [0.2, 0.25) is 0 Å². The zero-order valence-electron chi connectivity index (χ0n) is 12.0. The van der Waals surface area contributed by atoms with E-state index in [1.807, 2.05) is 13.0 Å². The molecular formula is C16H24N2O. The van der Waals surface area contributed by atoms with Crippen LogP contribution in [0, 0.1) is 0 Å². The van der Waals surface area contributed by atoms with E-state index in [2.05, 4.69) is 41.2 Å². The maximum Gasteiger partial charge on any atom is 0.128 e. The van der Waals surface area contributed by atoms with Gasteiger partial charge in [0.1, 0.15) is 5.75 Å². The van der Waals surface area contributed by atoms with Crippen molar-refractivity contribution in [1.29, 1.82) is 0 Å². The number of fused-ring (bicyclic) bond motifs is 1. The van der Waals surface area contributed by atoms with Crippen LogP contribution in [0.3, 0.4) is 0 Å². The molecule has 19 heavy (non-hydrogen) atoms. The molecule has 1 aromatic carbocycles. The van der Waals surface area contributed by atoms with Crippen molar-refractivity contribution in [3.05, 3.63) is 30.5 Å². The van der Waals surface area contributed by atoms with Gasteiger partial charge < -0.3 is 14.6 Å². The predicted molar refractivity (Wildman–Crippen MR) is 80.9 cm³/mol. The maximum absolute atomic E-state index is 5.67. The van der Waals surface area contributed by atoms with Gasteiger partial charge in [0.25, 0.3) is 0 Å². The highest BCUT2D eigenvalue weighted by Crippen LogP contribution is 2.26. The van der Waals surface area contributed by atoms with E-state index in [1.165, 1.54) is 23.7 Å². The first-order valence-electron chi connectivity index (χ1n) is 7.28. The van der Waals surface area contributed by atoms with Crippen molar-refractivity contribution in [3.63, 3.8) is 0 Å². The minimum atomic E-state index is 0.715. The Kier molecular flexibility index (Phi) is 5.28. The first kappa shape index (κ1) is 13.9. The molecule has 0 aliphatic carbocycles. The van der Waals surface area contributed by atoms with Crippen LogP contribution in [0.4, 0.5) is 0 Å². The van der Waals surface area contributed by atoms with E-state index in [4.69, 9.17) is 4.74 Å². The number of nitrogens with one attached hydrogen (secondary N) is 1. The second-order valence-electron chi connectivity index (χ2n) is 4.69. The summed E-state index contributed by atoms with van der Waals surface area (Å²) in [5.41, 5.74) is 1.27. The molecule has 2 aromatic rings. The number of hydrogen-bond acceptors (Lipinski definition) is 2. The summed E-state index contributed by atoms with van der Waals surface area (Å²) < 4.78 is 7.99. The summed E-state index contributed by atoms with van der Waals surface area (Å²) in [6.45, 7) is 8.13. The molecule has 1 N–H and O–H groups in total. The fourth-order valence-corrected chi connectivity index (χ4v) is 2.38. The van der Waals surface area contributed by atoms with Gasteiger partial charge in [-0.05, 0) is 51.1 Å². The van der Waals surface area contributed by atoms with Crippen LogP contribution in [-0.4, -0.2) is 24.3 Å². The van der Waals surface area contributed by atoms with Crippen LogP contribution >= 0.6 is 0 Å². The van der Waals surface area contributed by atoms with Crippen LogP contribution in [-0.2, 0) is 6.54 Å². The SMILES string of the molecule is CCNCCCCn1ccc2c(OCC)cccc21. The summed E-state index contributed by atoms with van der Waals surface area (Å²) >= 11 is 0. The van der Waals surface area contributed by atoms with E-state index in [1.54, 1.807) is 0 Å². The van der Waals surface area contributed by atoms with Crippen molar-refractivity contribution in [2.45, 2.75) is 33.2 Å². The monoisotopic (exact) mass is 260 g/mol. The summed E-state index contributed by atoms with van der Waals surface area (Å²) in [6.07, 6.45) is 4.59. The van der Waals surface area contributed by atoms with Gasteiger partial charge in [0.2, 0.25) is 0 Å². The lowest BCUT2D eigenvalue weighted by molar-refractivity contribution is 0.344. The average Bonchev–Trinajstić information content (AvgIpc) is 2.83. The Morgan fingerprint density at radius 3 is 2.84 bits per heavy atom. The molecule has 0 aliphatic heterocycles. The van der Waals surface area contributed by atoms with Crippen LogP contribution < -0.4 is 10.1 Å². The number of benzene rings is 1. The second kappa shape index (κ2) is 7.19. The number of aryl methyl sites for hydroxylation is 1. The van der Waals surface area contributed by atoms with Gasteiger partial charge in [0.15, 0.2) is 0 Å². The average molecular weight is 260 g/mol. The summed E-state index contributed by atoms with van der Waals surface area (Å²) in [5.74, 6) is 0.992. The Balaban J connectivity index is 2.02. The number of aromatic nitrogens is 1. The molecule has 0 radical (unpaired) electrons. The van der Waals surface area contributed by atoms with Crippen LogP contribution in [0.25, 0.3) is 10.9 Å².